The van der Waals surface area contributed by atoms with Crippen LogP contribution < -0.4 is 15.0 Å². The van der Waals surface area contributed by atoms with Crippen LogP contribution in [-0.2, 0) is 0 Å². The number of methoxy groups -OCH3 is 1. The zero-order valence-electron chi connectivity index (χ0n) is 11.6. The summed E-state index contributed by atoms with van der Waals surface area (Å²) in [5.41, 5.74) is 0. The van der Waals surface area contributed by atoms with Gasteiger partial charge in [0.05, 0.1) is 7.11 Å². The molecule has 1 N–H and O–H groups in total. The van der Waals surface area contributed by atoms with Gasteiger partial charge in [0.15, 0.2) is 0 Å². The van der Waals surface area contributed by atoms with Gasteiger partial charge in [-0.2, -0.15) is 4.98 Å². The number of hydrogen-bond donors (Lipinski definition) is 1. The predicted octanol–water partition coefficient (Wildman–Crippen LogP) is 2.06. The zero-order valence-corrected chi connectivity index (χ0v) is 11.6. The van der Waals surface area contributed by atoms with Crippen LogP contribution >= 0.6 is 0 Å². The van der Waals surface area contributed by atoms with Gasteiger partial charge in [0.1, 0.15) is 5.82 Å². The van der Waals surface area contributed by atoms with Crippen molar-refractivity contribution in [3.63, 3.8) is 0 Å². The smallest absolute Gasteiger partial charge is 0.214 e. The Kier molecular flexibility index (Phi) is 3.87. The van der Waals surface area contributed by atoms with Gasteiger partial charge >= 0.3 is 0 Å². The van der Waals surface area contributed by atoms with Crippen LogP contribution in [0.15, 0.2) is 18.2 Å². The van der Waals surface area contributed by atoms with E-state index in [2.05, 4.69) is 21.3 Å². The SMILES string of the molecule is COc1cccc(N2CCC(NCC3CC3)CC2)n1. The van der Waals surface area contributed by atoms with Gasteiger partial charge in [-0.15, -0.1) is 0 Å². The fraction of sp³-hybridized carbons (Fsp3) is 0.667. The molecule has 1 aliphatic carbocycles. The van der Waals surface area contributed by atoms with Crippen LogP contribution in [0.5, 0.6) is 5.88 Å². The van der Waals surface area contributed by atoms with Crippen LogP contribution in [0.3, 0.4) is 0 Å². The topological polar surface area (TPSA) is 37.4 Å². The molecular weight excluding hydrogens is 238 g/mol. The summed E-state index contributed by atoms with van der Waals surface area (Å²) in [5.74, 6) is 2.71. The highest BCUT2D eigenvalue weighted by Crippen LogP contribution is 2.28. The summed E-state index contributed by atoms with van der Waals surface area (Å²) in [6.45, 7) is 3.40. The van der Waals surface area contributed by atoms with E-state index in [1.165, 1.54) is 32.2 Å². The standard InChI is InChI=1S/C15H23N3O/c1-19-15-4-2-3-14(17-15)18-9-7-13(8-10-18)16-11-12-5-6-12/h2-4,12-13,16H,5-11H2,1H3. The number of nitrogens with one attached hydrogen (secondary N) is 1. The third-order valence-corrected chi connectivity index (χ3v) is 4.13. The van der Waals surface area contributed by atoms with Gasteiger partial charge in [-0.1, -0.05) is 6.07 Å². The normalized spacial score (nSPS) is 20.6. The summed E-state index contributed by atoms with van der Waals surface area (Å²) in [6, 6.07) is 6.68. The molecule has 3 rings (SSSR count). The Balaban J connectivity index is 1.50. The van der Waals surface area contributed by atoms with Gasteiger partial charge in [-0.05, 0) is 44.2 Å². The Morgan fingerprint density at radius 2 is 2.05 bits per heavy atom. The maximum Gasteiger partial charge on any atom is 0.214 e. The molecule has 2 heterocycles. The summed E-state index contributed by atoms with van der Waals surface area (Å²) in [4.78, 5) is 6.87. The van der Waals surface area contributed by atoms with Crippen LogP contribution in [0, 0.1) is 5.92 Å². The molecule has 0 amide bonds. The number of pyridine rings is 1. The summed E-state index contributed by atoms with van der Waals surface area (Å²) >= 11 is 0. The van der Waals surface area contributed by atoms with E-state index in [-0.39, 0.29) is 0 Å². The maximum atomic E-state index is 5.19. The van der Waals surface area contributed by atoms with E-state index in [4.69, 9.17) is 4.74 Å². The average Bonchev–Trinajstić information content (AvgIpc) is 3.30. The quantitative estimate of drug-likeness (QED) is 0.880. The summed E-state index contributed by atoms with van der Waals surface area (Å²) in [7, 11) is 1.67. The Hall–Kier alpha value is -1.29. The molecule has 19 heavy (non-hydrogen) atoms. The van der Waals surface area contributed by atoms with Crippen molar-refractivity contribution in [2.24, 2.45) is 5.92 Å². The Morgan fingerprint density at radius 1 is 1.26 bits per heavy atom. The second-order valence-electron chi connectivity index (χ2n) is 5.65. The molecule has 2 aliphatic rings. The van der Waals surface area contributed by atoms with Crippen LogP contribution in [0.25, 0.3) is 0 Å². The lowest BCUT2D eigenvalue weighted by Gasteiger charge is -2.33. The van der Waals surface area contributed by atoms with E-state index in [1.54, 1.807) is 7.11 Å². The van der Waals surface area contributed by atoms with Crippen molar-refractivity contribution < 1.29 is 4.74 Å². The number of nitrogens with zero attached hydrogens (tertiary/aromatic N) is 2. The Labute approximate surface area is 115 Å². The monoisotopic (exact) mass is 261 g/mol. The molecule has 2 fully saturated rings. The van der Waals surface area contributed by atoms with E-state index in [0.717, 1.165) is 24.8 Å². The van der Waals surface area contributed by atoms with E-state index >= 15 is 0 Å². The van der Waals surface area contributed by atoms with E-state index in [0.29, 0.717) is 11.9 Å². The molecule has 1 aliphatic heterocycles. The Morgan fingerprint density at radius 3 is 2.74 bits per heavy atom. The second kappa shape index (κ2) is 5.78. The third kappa shape index (κ3) is 3.38. The molecule has 0 aromatic carbocycles. The van der Waals surface area contributed by atoms with Gasteiger partial charge in [-0.25, -0.2) is 0 Å². The molecular formula is C15H23N3O. The van der Waals surface area contributed by atoms with Gasteiger partial charge in [0.2, 0.25) is 5.88 Å². The van der Waals surface area contributed by atoms with Crippen LogP contribution in [-0.4, -0.2) is 37.8 Å². The van der Waals surface area contributed by atoms with E-state index in [1.807, 2.05) is 12.1 Å². The highest BCUT2D eigenvalue weighted by Gasteiger charge is 2.24. The largest absolute Gasteiger partial charge is 0.481 e. The molecule has 1 saturated heterocycles. The molecule has 0 unspecified atom stereocenters. The van der Waals surface area contributed by atoms with Crippen molar-refractivity contribution in [3.05, 3.63) is 18.2 Å². The van der Waals surface area contributed by atoms with Crippen molar-refractivity contribution in [2.75, 3.05) is 31.6 Å². The fourth-order valence-corrected chi connectivity index (χ4v) is 2.66. The first-order chi connectivity index (χ1) is 9.35. The van der Waals surface area contributed by atoms with Gasteiger partial charge in [-0.3, -0.25) is 0 Å². The van der Waals surface area contributed by atoms with Crippen molar-refractivity contribution in [3.8, 4) is 5.88 Å². The van der Waals surface area contributed by atoms with Crippen molar-refractivity contribution in [2.45, 2.75) is 31.7 Å². The van der Waals surface area contributed by atoms with E-state index < -0.39 is 0 Å². The lowest BCUT2D eigenvalue weighted by molar-refractivity contribution is 0.392. The molecule has 1 aromatic rings. The lowest BCUT2D eigenvalue weighted by atomic mass is 10.0. The van der Waals surface area contributed by atoms with Gasteiger partial charge < -0.3 is 15.0 Å². The molecule has 0 radical (unpaired) electrons. The second-order valence-corrected chi connectivity index (χ2v) is 5.65. The lowest BCUT2D eigenvalue weighted by Crippen LogP contribution is -2.43. The summed E-state index contributed by atoms with van der Waals surface area (Å²) < 4.78 is 5.19. The van der Waals surface area contributed by atoms with Crippen LogP contribution in [0.4, 0.5) is 5.82 Å². The molecule has 0 bridgehead atoms. The highest BCUT2D eigenvalue weighted by molar-refractivity contribution is 5.41. The Bertz CT molecular complexity index is 412. The summed E-state index contributed by atoms with van der Waals surface area (Å²) in [5, 5.41) is 3.71. The first-order valence-electron chi connectivity index (χ1n) is 7.34. The number of aromatic nitrogens is 1. The number of ether oxygens (including phenoxy) is 1. The van der Waals surface area contributed by atoms with Crippen molar-refractivity contribution >= 4 is 5.82 Å². The average molecular weight is 261 g/mol. The van der Waals surface area contributed by atoms with Gasteiger partial charge in [0, 0.05) is 25.2 Å². The summed E-state index contributed by atoms with van der Waals surface area (Å²) in [6.07, 6.45) is 5.29. The molecule has 0 spiro atoms. The van der Waals surface area contributed by atoms with Crippen LogP contribution in [0.1, 0.15) is 25.7 Å². The molecule has 104 valence electrons. The molecule has 0 atom stereocenters. The maximum absolute atomic E-state index is 5.19. The minimum absolute atomic E-state index is 0.697. The predicted molar refractivity (Wildman–Crippen MR) is 76.8 cm³/mol. The minimum Gasteiger partial charge on any atom is -0.481 e. The number of anilines is 1. The van der Waals surface area contributed by atoms with Crippen molar-refractivity contribution in [1.82, 2.24) is 10.3 Å². The third-order valence-electron chi connectivity index (χ3n) is 4.13. The minimum atomic E-state index is 0.697. The molecule has 1 saturated carbocycles. The first-order valence-corrected chi connectivity index (χ1v) is 7.34. The molecule has 1 aromatic heterocycles. The number of piperidine rings is 1. The van der Waals surface area contributed by atoms with Gasteiger partial charge in [0.25, 0.3) is 0 Å². The molecule has 4 nitrogen and oxygen atoms in total. The molecule has 4 heteroatoms. The van der Waals surface area contributed by atoms with Crippen LogP contribution in [0.2, 0.25) is 0 Å². The first kappa shape index (κ1) is 12.7. The number of hydrogen-bond acceptors (Lipinski definition) is 4. The highest BCUT2D eigenvalue weighted by atomic mass is 16.5. The fourth-order valence-electron chi connectivity index (χ4n) is 2.66. The van der Waals surface area contributed by atoms with E-state index in [9.17, 15) is 0 Å². The van der Waals surface area contributed by atoms with Crippen molar-refractivity contribution in [1.29, 1.82) is 0 Å². The number of rotatable bonds is 5. The zero-order chi connectivity index (χ0) is 13.1.